The van der Waals surface area contributed by atoms with Gasteiger partial charge >= 0.3 is 5.97 Å². The average molecular weight is 296 g/mol. The molecule has 1 amide bonds. The van der Waals surface area contributed by atoms with E-state index in [2.05, 4.69) is 0 Å². The van der Waals surface area contributed by atoms with E-state index in [4.69, 9.17) is 9.84 Å². The summed E-state index contributed by atoms with van der Waals surface area (Å²) < 4.78 is 6.59. The van der Waals surface area contributed by atoms with E-state index < -0.39 is 11.6 Å². The van der Waals surface area contributed by atoms with E-state index in [0.717, 1.165) is 0 Å². The number of carbonyl (C=O) groups is 2. The van der Waals surface area contributed by atoms with E-state index in [1.54, 1.807) is 25.4 Å². The van der Waals surface area contributed by atoms with Crippen molar-refractivity contribution in [3.63, 3.8) is 0 Å². The maximum atomic E-state index is 12.4. The van der Waals surface area contributed by atoms with Crippen molar-refractivity contribution < 1.29 is 24.5 Å². The molecule has 2 N–H and O–H groups in total. The quantitative estimate of drug-likeness (QED) is 0.809. The van der Waals surface area contributed by atoms with Gasteiger partial charge in [0.15, 0.2) is 0 Å². The van der Waals surface area contributed by atoms with Crippen LogP contribution >= 0.6 is 0 Å². The number of rotatable bonds is 5. The minimum atomic E-state index is -1.01. The van der Waals surface area contributed by atoms with Gasteiger partial charge in [0.05, 0.1) is 5.60 Å². The monoisotopic (exact) mass is 296 g/mol. The highest BCUT2D eigenvalue weighted by atomic mass is 16.5. The van der Waals surface area contributed by atoms with Gasteiger partial charge in [0, 0.05) is 45.8 Å². The summed E-state index contributed by atoms with van der Waals surface area (Å²) in [6.07, 6.45) is 2.53. The van der Waals surface area contributed by atoms with Crippen LogP contribution in [0.3, 0.4) is 0 Å². The lowest BCUT2D eigenvalue weighted by Crippen LogP contribution is -2.47. The Balaban J connectivity index is 2.05. The Hall–Kier alpha value is -1.86. The molecule has 116 valence electrons. The third kappa shape index (κ3) is 3.83. The van der Waals surface area contributed by atoms with E-state index in [9.17, 15) is 14.7 Å². The molecule has 1 aliphatic rings. The summed E-state index contributed by atoms with van der Waals surface area (Å²) in [5.41, 5.74) is -0.636. The van der Waals surface area contributed by atoms with Gasteiger partial charge < -0.3 is 24.4 Å². The van der Waals surface area contributed by atoms with Crippen LogP contribution in [-0.4, -0.2) is 64.0 Å². The van der Waals surface area contributed by atoms with Crippen LogP contribution in [0, 0.1) is 0 Å². The standard InChI is InChI=1S/C14H20N2O5/c1-15(10-14(20)4-7-21-8-5-14)13(19)11-3-2-6-16(11)9-12(17)18/h2-3,6,20H,4-5,7-10H2,1H3,(H,17,18). The lowest BCUT2D eigenvalue weighted by molar-refractivity contribution is -0.137. The van der Waals surface area contributed by atoms with E-state index >= 15 is 0 Å². The fourth-order valence-electron chi connectivity index (χ4n) is 2.51. The largest absolute Gasteiger partial charge is 0.480 e. The lowest BCUT2D eigenvalue weighted by Gasteiger charge is -2.35. The molecule has 1 aromatic rings. The number of nitrogens with zero attached hydrogens (tertiary/aromatic N) is 2. The number of hydrogen-bond acceptors (Lipinski definition) is 4. The molecule has 0 unspecified atom stereocenters. The highest BCUT2D eigenvalue weighted by Gasteiger charge is 2.33. The molecule has 2 rings (SSSR count). The first-order valence-electron chi connectivity index (χ1n) is 6.84. The second-order valence-corrected chi connectivity index (χ2v) is 5.41. The topological polar surface area (TPSA) is 92.0 Å². The van der Waals surface area contributed by atoms with Crippen molar-refractivity contribution in [2.75, 3.05) is 26.8 Å². The molecule has 1 aliphatic heterocycles. The second kappa shape index (κ2) is 6.28. The van der Waals surface area contributed by atoms with Gasteiger partial charge in [0.1, 0.15) is 12.2 Å². The molecule has 0 saturated carbocycles. The molecule has 2 heterocycles. The van der Waals surface area contributed by atoms with Crippen LogP contribution in [0.25, 0.3) is 0 Å². The van der Waals surface area contributed by atoms with Gasteiger partial charge in [-0.15, -0.1) is 0 Å². The first-order valence-corrected chi connectivity index (χ1v) is 6.84. The minimum Gasteiger partial charge on any atom is -0.480 e. The van der Waals surface area contributed by atoms with Crippen LogP contribution in [0.5, 0.6) is 0 Å². The van der Waals surface area contributed by atoms with Gasteiger partial charge in [0.25, 0.3) is 5.91 Å². The molecular formula is C14H20N2O5. The molecule has 0 aromatic carbocycles. The maximum absolute atomic E-state index is 12.4. The number of likely N-dealkylation sites (N-methyl/N-ethyl adjacent to an activating group) is 1. The van der Waals surface area contributed by atoms with Gasteiger partial charge in [0.2, 0.25) is 0 Å². The number of carboxylic acid groups (broad SMARTS) is 1. The average Bonchev–Trinajstić information content (AvgIpc) is 2.85. The fourth-order valence-corrected chi connectivity index (χ4v) is 2.51. The summed E-state index contributed by atoms with van der Waals surface area (Å²) in [5.74, 6) is -1.31. The molecule has 7 nitrogen and oxygen atoms in total. The Kier molecular flexibility index (Phi) is 4.64. The normalized spacial score (nSPS) is 17.4. The third-order valence-corrected chi connectivity index (χ3v) is 3.66. The van der Waals surface area contributed by atoms with Crippen molar-refractivity contribution in [2.24, 2.45) is 0 Å². The predicted molar refractivity (Wildman–Crippen MR) is 74.0 cm³/mol. The van der Waals surface area contributed by atoms with Gasteiger partial charge in [-0.05, 0) is 12.1 Å². The number of hydrogen-bond donors (Lipinski definition) is 2. The van der Waals surface area contributed by atoms with Crippen LogP contribution in [0.1, 0.15) is 23.3 Å². The van der Waals surface area contributed by atoms with Crippen molar-refractivity contribution in [1.29, 1.82) is 0 Å². The van der Waals surface area contributed by atoms with Crippen molar-refractivity contribution in [3.8, 4) is 0 Å². The van der Waals surface area contributed by atoms with Gasteiger partial charge in [-0.25, -0.2) is 0 Å². The first kappa shape index (κ1) is 15.5. The van der Waals surface area contributed by atoms with Crippen molar-refractivity contribution in [1.82, 2.24) is 9.47 Å². The van der Waals surface area contributed by atoms with Crippen LogP contribution in [0.2, 0.25) is 0 Å². The molecular weight excluding hydrogens is 276 g/mol. The summed E-state index contributed by atoms with van der Waals surface area (Å²) in [7, 11) is 1.61. The molecule has 0 spiro atoms. The summed E-state index contributed by atoms with van der Waals surface area (Å²) in [4.78, 5) is 24.6. The minimum absolute atomic E-state index is 0.202. The van der Waals surface area contributed by atoms with Gasteiger partial charge in [-0.1, -0.05) is 0 Å². The molecule has 1 aromatic heterocycles. The Morgan fingerprint density at radius 1 is 1.43 bits per heavy atom. The SMILES string of the molecule is CN(CC1(O)CCOCC1)C(=O)c1cccn1CC(=O)O. The van der Waals surface area contributed by atoms with Crippen LogP contribution in [-0.2, 0) is 16.1 Å². The van der Waals surface area contributed by atoms with Gasteiger partial charge in [-0.2, -0.15) is 0 Å². The zero-order valence-electron chi connectivity index (χ0n) is 12.0. The molecule has 1 fully saturated rings. The number of aromatic nitrogens is 1. The van der Waals surface area contributed by atoms with Crippen molar-refractivity contribution in [3.05, 3.63) is 24.0 Å². The lowest BCUT2D eigenvalue weighted by atomic mass is 9.94. The number of ether oxygens (including phenoxy) is 1. The Morgan fingerprint density at radius 3 is 2.71 bits per heavy atom. The summed E-state index contributed by atoms with van der Waals surface area (Å²) in [5, 5.41) is 19.3. The molecule has 21 heavy (non-hydrogen) atoms. The molecule has 7 heteroatoms. The van der Waals surface area contributed by atoms with E-state index in [0.29, 0.717) is 31.7 Å². The molecule has 1 saturated heterocycles. The highest BCUT2D eigenvalue weighted by Crippen LogP contribution is 2.22. The zero-order valence-corrected chi connectivity index (χ0v) is 12.0. The summed E-state index contributed by atoms with van der Waals surface area (Å²) in [6, 6.07) is 3.21. The molecule has 0 atom stereocenters. The Bertz CT molecular complexity index is 519. The Morgan fingerprint density at radius 2 is 2.10 bits per heavy atom. The highest BCUT2D eigenvalue weighted by molar-refractivity contribution is 5.93. The van der Waals surface area contributed by atoms with E-state index in [1.807, 2.05) is 0 Å². The molecule has 0 aliphatic carbocycles. The number of amides is 1. The summed E-state index contributed by atoms with van der Waals surface area (Å²) in [6.45, 7) is 0.898. The van der Waals surface area contributed by atoms with Crippen LogP contribution in [0.4, 0.5) is 0 Å². The van der Waals surface area contributed by atoms with E-state index in [-0.39, 0.29) is 19.0 Å². The zero-order chi connectivity index (χ0) is 15.5. The fraction of sp³-hybridized carbons (Fsp3) is 0.571. The van der Waals surface area contributed by atoms with Crippen LogP contribution < -0.4 is 0 Å². The number of carbonyl (C=O) groups excluding carboxylic acids is 1. The maximum Gasteiger partial charge on any atom is 0.323 e. The Labute approximate surface area is 122 Å². The van der Waals surface area contributed by atoms with E-state index in [1.165, 1.54) is 9.47 Å². The third-order valence-electron chi connectivity index (χ3n) is 3.66. The van der Waals surface area contributed by atoms with Crippen LogP contribution in [0.15, 0.2) is 18.3 Å². The molecule has 0 bridgehead atoms. The number of carboxylic acids is 1. The number of aliphatic carboxylic acids is 1. The number of aliphatic hydroxyl groups is 1. The predicted octanol–water partition coefficient (Wildman–Crippen LogP) is 0.186. The molecule has 0 radical (unpaired) electrons. The van der Waals surface area contributed by atoms with Crippen molar-refractivity contribution in [2.45, 2.75) is 25.0 Å². The van der Waals surface area contributed by atoms with Gasteiger partial charge in [-0.3, -0.25) is 9.59 Å². The first-order chi connectivity index (χ1) is 9.91. The summed E-state index contributed by atoms with van der Waals surface area (Å²) >= 11 is 0. The second-order valence-electron chi connectivity index (χ2n) is 5.41. The van der Waals surface area contributed by atoms with Crippen molar-refractivity contribution >= 4 is 11.9 Å². The smallest absolute Gasteiger partial charge is 0.323 e.